The van der Waals surface area contributed by atoms with Gasteiger partial charge in [-0.2, -0.15) is 0 Å². The zero-order valence-electron chi connectivity index (χ0n) is 13.0. The lowest BCUT2D eigenvalue weighted by molar-refractivity contribution is 0.0484. The lowest BCUT2D eigenvalue weighted by Gasteiger charge is -2.39. The summed E-state index contributed by atoms with van der Waals surface area (Å²) in [5.74, 6) is 1.02. The van der Waals surface area contributed by atoms with Crippen LogP contribution < -0.4 is 0 Å². The molecule has 22 heavy (non-hydrogen) atoms. The summed E-state index contributed by atoms with van der Waals surface area (Å²) in [7, 11) is 0. The average molecular weight is 319 g/mol. The van der Waals surface area contributed by atoms with E-state index in [4.69, 9.17) is 0 Å². The molecule has 7 heteroatoms. The van der Waals surface area contributed by atoms with Gasteiger partial charge in [0.05, 0.1) is 17.2 Å². The van der Waals surface area contributed by atoms with Crippen molar-refractivity contribution in [3.05, 3.63) is 34.3 Å². The quantitative estimate of drug-likeness (QED) is 0.935. The fraction of sp³-hybridized carbons (Fsp3) is 0.533. The van der Waals surface area contributed by atoms with Crippen molar-refractivity contribution in [2.24, 2.45) is 0 Å². The standard InChI is InChI=1S/C15H21N5OS/c1-3-13-18-9-12(22-13)15(21)20-8-7-19(4-2)11(10-20)14-16-5-6-17-14/h5-6,9,11H,3-4,7-8,10H2,1-2H3,(H,16,17)/t11-/m0/s1. The molecule has 0 bridgehead atoms. The van der Waals surface area contributed by atoms with Crippen LogP contribution >= 0.6 is 11.3 Å². The minimum Gasteiger partial charge on any atom is -0.347 e. The molecule has 1 saturated heterocycles. The summed E-state index contributed by atoms with van der Waals surface area (Å²) in [6.45, 7) is 7.44. The van der Waals surface area contributed by atoms with Crippen LogP contribution in [0.15, 0.2) is 18.6 Å². The van der Waals surface area contributed by atoms with Crippen LogP contribution in [0.5, 0.6) is 0 Å². The van der Waals surface area contributed by atoms with Crippen molar-refractivity contribution in [3.63, 3.8) is 0 Å². The Morgan fingerprint density at radius 3 is 2.91 bits per heavy atom. The Balaban J connectivity index is 1.76. The van der Waals surface area contributed by atoms with Gasteiger partial charge in [0.15, 0.2) is 0 Å². The molecule has 3 heterocycles. The molecule has 0 radical (unpaired) electrons. The second kappa shape index (κ2) is 6.58. The van der Waals surface area contributed by atoms with Crippen molar-refractivity contribution in [1.82, 2.24) is 24.8 Å². The molecule has 1 atom stereocenters. The third-order valence-corrected chi connectivity index (χ3v) is 5.22. The fourth-order valence-corrected chi connectivity index (χ4v) is 3.66. The van der Waals surface area contributed by atoms with Gasteiger partial charge in [-0.15, -0.1) is 11.3 Å². The van der Waals surface area contributed by atoms with Gasteiger partial charge >= 0.3 is 0 Å². The van der Waals surface area contributed by atoms with Crippen LogP contribution in [-0.4, -0.2) is 56.8 Å². The molecule has 1 amide bonds. The van der Waals surface area contributed by atoms with E-state index in [1.807, 2.05) is 11.1 Å². The number of piperazine rings is 1. The Morgan fingerprint density at radius 2 is 2.27 bits per heavy atom. The second-order valence-electron chi connectivity index (χ2n) is 5.34. The lowest BCUT2D eigenvalue weighted by atomic mass is 10.1. The van der Waals surface area contributed by atoms with Crippen LogP contribution in [-0.2, 0) is 6.42 Å². The van der Waals surface area contributed by atoms with Gasteiger partial charge in [0.25, 0.3) is 5.91 Å². The van der Waals surface area contributed by atoms with Crippen molar-refractivity contribution in [1.29, 1.82) is 0 Å². The summed E-state index contributed by atoms with van der Waals surface area (Å²) in [4.78, 5) is 29.6. The molecular formula is C15H21N5OS. The maximum Gasteiger partial charge on any atom is 0.265 e. The zero-order chi connectivity index (χ0) is 15.5. The number of aryl methyl sites for hydroxylation is 1. The number of thiazole rings is 1. The number of nitrogens with zero attached hydrogens (tertiary/aromatic N) is 4. The van der Waals surface area contributed by atoms with Gasteiger partial charge in [-0.1, -0.05) is 13.8 Å². The van der Waals surface area contributed by atoms with Crippen molar-refractivity contribution < 1.29 is 4.79 Å². The van der Waals surface area contributed by atoms with E-state index in [-0.39, 0.29) is 11.9 Å². The van der Waals surface area contributed by atoms with Gasteiger partial charge in [0.2, 0.25) is 0 Å². The molecule has 0 saturated carbocycles. The summed E-state index contributed by atoms with van der Waals surface area (Å²) < 4.78 is 0. The molecule has 1 fully saturated rings. The minimum absolute atomic E-state index is 0.0875. The van der Waals surface area contributed by atoms with Crippen LogP contribution in [0.2, 0.25) is 0 Å². The van der Waals surface area contributed by atoms with E-state index in [0.29, 0.717) is 6.54 Å². The first kappa shape index (κ1) is 15.2. The SMILES string of the molecule is CCc1ncc(C(=O)N2CCN(CC)[C@H](c3ncc[nH]3)C2)s1. The maximum absolute atomic E-state index is 12.7. The number of hydrogen-bond acceptors (Lipinski definition) is 5. The largest absolute Gasteiger partial charge is 0.347 e. The molecule has 0 aromatic carbocycles. The van der Waals surface area contributed by atoms with Crippen LogP contribution in [0, 0.1) is 0 Å². The fourth-order valence-electron chi connectivity index (χ4n) is 2.83. The third kappa shape index (κ3) is 2.91. The Hall–Kier alpha value is -1.73. The van der Waals surface area contributed by atoms with Gasteiger partial charge in [-0.3, -0.25) is 9.69 Å². The number of rotatable bonds is 4. The highest BCUT2D eigenvalue weighted by atomic mass is 32.1. The molecule has 1 aliphatic rings. The number of hydrogen-bond donors (Lipinski definition) is 1. The second-order valence-corrected chi connectivity index (χ2v) is 6.46. The van der Waals surface area contributed by atoms with Crippen LogP contribution in [0.3, 0.4) is 0 Å². The summed E-state index contributed by atoms with van der Waals surface area (Å²) in [5.41, 5.74) is 0. The predicted octanol–water partition coefficient (Wildman–Crippen LogP) is 1.95. The maximum atomic E-state index is 12.7. The summed E-state index contributed by atoms with van der Waals surface area (Å²) in [6.07, 6.45) is 6.18. The van der Waals surface area contributed by atoms with E-state index in [0.717, 1.165) is 41.8 Å². The van der Waals surface area contributed by atoms with E-state index in [9.17, 15) is 4.79 Å². The molecule has 0 unspecified atom stereocenters. The molecular weight excluding hydrogens is 298 g/mol. The zero-order valence-corrected chi connectivity index (χ0v) is 13.8. The van der Waals surface area contributed by atoms with Crippen molar-refractivity contribution in [2.45, 2.75) is 26.3 Å². The normalized spacial score (nSPS) is 19.5. The number of nitrogens with one attached hydrogen (secondary N) is 1. The number of imidazole rings is 1. The van der Waals surface area contributed by atoms with E-state index in [1.165, 1.54) is 11.3 Å². The molecule has 3 rings (SSSR count). The topological polar surface area (TPSA) is 65.1 Å². The number of likely N-dealkylation sites (N-methyl/N-ethyl adjacent to an activating group) is 1. The van der Waals surface area contributed by atoms with Gasteiger partial charge < -0.3 is 9.88 Å². The number of aromatic nitrogens is 3. The van der Waals surface area contributed by atoms with Gasteiger partial charge in [-0.05, 0) is 13.0 Å². The third-order valence-electron chi connectivity index (χ3n) is 4.09. The Morgan fingerprint density at radius 1 is 1.41 bits per heavy atom. The lowest BCUT2D eigenvalue weighted by Crippen LogP contribution is -2.50. The van der Waals surface area contributed by atoms with E-state index in [1.54, 1.807) is 12.4 Å². The van der Waals surface area contributed by atoms with Gasteiger partial charge in [0.1, 0.15) is 10.7 Å². The van der Waals surface area contributed by atoms with E-state index < -0.39 is 0 Å². The summed E-state index contributed by atoms with van der Waals surface area (Å²) in [6, 6.07) is 0.135. The van der Waals surface area contributed by atoms with Crippen LogP contribution in [0.1, 0.15) is 40.4 Å². The first-order chi connectivity index (χ1) is 10.7. The smallest absolute Gasteiger partial charge is 0.265 e. The molecule has 118 valence electrons. The highest BCUT2D eigenvalue weighted by molar-refractivity contribution is 7.13. The van der Waals surface area contributed by atoms with E-state index >= 15 is 0 Å². The van der Waals surface area contributed by atoms with Gasteiger partial charge in [-0.25, -0.2) is 9.97 Å². The Bertz CT molecular complexity index is 624. The summed E-state index contributed by atoms with van der Waals surface area (Å²) >= 11 is 1.50. The van der Waals surface area contributed by atoms with E-state index in [2.05, 4.69) is 33.7 Å². The molecule has 0 aliphatic carbocycles. The van der Waals surface area contributed by atoms with Crippen LogP contribution in [0.25, 0.3) is 0 Å². The van der Waals surface area contributed by atoms with Gasteiger partial charge in [0, 0.05) is 32.0 Å². The van der Waals surface area contributed by atoms with Crippen molar-refractivity contribution in [3.8, 4) is 0 Å². The highest BCUT2D eigenvalue weighted by Gasteiger charge is 2.32. The van der Waals surface area contributed by atoms with Crippen LogP contribution in [0.4, 0.5) is 0 Å². The molecule has 1 aliphatic heterocycles. The highest BCUT2D eigenvalue weighted by Crippen LogP contribution is 2.25. The first-order valence-corrected chi connectivity index (χ1v) is 8.51. The number of amides is 1. The Labute approximate surface area is 134 Å². The van der Waals surface area contributed by atoms with Crippen molar-refractivity contribution in [2.75, 3.05) is 26.2 Å². The summed E-state index contributed by atoms with van der Waals surface area (Å²) in [5, 5.41) is 1.01. The molecule has 6 nitrogen and oxygen atoms in total. The number of aromatic amines is 1. The molecule has 1 N–H and O–H groups in total. The molecule has 2 aromatic rings. The molecule has 2 aromatic heterocycles. The monoisotopic (exact) mass is 319 g/mol. The number of H-pyrrole nitrogens is 1. The molecule has 0 spiro atoms. The number of carbonyl (C=O) groups excluding carboxylic acids is 1. The Kier molecular flexibility index (Phi) is 4.54. The number of carbonyl (C=O) groups is 1. The van der Waals surface area contributed by atoms with Crippen molar-refractivity contribution >= 4 is 17.2 Å². The predicted molar refractivity (Wildman–Crippen MR) is 86.0 cm³/mol. The average Bonchev–Trinajstić information content (AvgIpc) is 3.24. The minimum atomic E-state index is 0.0875. The first-order valence-electron chi connectivity index (χ1n) is 7.70.